The molecule has 0 aliphatic heterocycles. The van der Waals surface area contributed by atoms with Crippen LogP contribution in [0.15, 0.2) is 54.7 Å². The summed E-state index contributed by atoms with van der Waals surface area (Å²) in [7, 11) is 0. The Bertz CT molecular complexity index is 759. The Hall–Kier alpha value is -2.55. The van der Waals surface area contributed by atoms with Crippen LogP contribution >= 0.6 is 0 Å². The molecule has 3 nitrogen and oxygen atoms in total. The third-order valence-electron chi connectivity index (χ3n) is 3.52. The first-order valence-electron chi connectivity index (χ1n) is 7.09. The molecule has 0 amide bonds. The Kier molecular flexibility index (Phi) is 3.73. The van der Waals surface area contributed by atoms with Crippen LogP contribution < -0.4 is 4.74 Å². The number of H-pyrrole nitrogens is 1. The molecule has 0 radical (unpaired) electrons. The van der Waals surface area contributed by atoms with Gasteiger partial charge in [0.15, 0.2) is 5.78 Å². The number of carbonyl (C=O) groups excluding carboxylic acids is 1. The van der Waals surface area contributed by atoms with E-state index >= 15 is 0 Å². The lowest BCUT2D eigenvalue weighted by Gasteiger charge is -2.06. The minimum Gasteiger partial charge on any atom is -0.489 e. The van der Waals surface area contributed by atoms with Gasteiger partial charge in [0.05, 0.1) is 0 Å². The fraction of sp³-hybridized carbons (Fsp3) is 0.167. The number of ketones is 1. The third kappa shape index (κ3) is 2.82. The largest absolute Gasteiger partial charge is 0.489 e. The van der Waals surface area contributed by atoms with Gasteiger partial charge >= 0.3 is 0 Å². The van der Waals surface area contributed by atoms with Crippen molar-refractivity contribution in [2.75, 3.05) is 0 Å². The van der Waals surface area contributed by atoms with E-state index in [1.807, 2.05) is 55.5 Å². The average Bonchev–Trinajstić information content (AvgIpc) is 2.96. The summed E-state index contributed by atoms with van der Waals surface area (Å²) in [5, 5.41) is 0.924. The number of aromatic amines is 1. The SMILES string of the molecule is CCC(=O)c1c[nH]c2ccc(OCc3ccccc3)cc12. The van der Waals surface area contributed by atoms with Crippen LogP contribution in [0.2, 0.25) is 0 Å². The summed E-state index contributed by atoms with van der Waals surface area (Å²) in [5.74, 6) is 0.914. The molecule has 0 unspecified atom stereocenters. The molecule has 0 aliphatic rings. The summed E-state index contributed by atoms with van der Waals surface area (Å²) >= 11 is 0. The second-order valence-corrected chi connectivity index (χ2v) is 4.96. The summed E-state index contributed by atoms with van der Waals surface area (Å²) in [5.41, 5.74) is 2.81. The Morgan fingerprint density at radius 1 is 1.14 bits per heavy atom. The molecule has 0 atom stereocenters. The Morgan fingerprint density at radius 2 is 1.95 bits per heavy atom. The lowest BCUT2D eigenvalue weighted by molar-refractivity contribution is 0.0990. The van der Waals surface area contributed by atoms with Crippen molar-refractivity contribution in [2.24, 2.45) is 0 Å². The fourth-order valence-electron chi connectivity index (χ4n) is 2.35. The molecule has 0 aliphatic carbocycles. The highest BCUT2D eigenvalue weighted by atomic mass is 16.5. The average molecular weight is 279 g/mol. The maximum atomic E-state index is 11.9. The molecule has 106 valence electrons. The van der Waals surface area contributed by atoms with Gasteiger partial charge in [0, 0.05) is 29.1 Å². The number of aromatic nitrogens is 1. The summed E-state index contributed by atoms with van der Waals surface area (Å²) in [6.07, 6.45) is 2.28. The number of hydrogen-bond donors (Lipinski definition) is 1. The number of Topliss-reactive ketones (excluding diaryl/α,β-unsaturated/α-hetero) is 1. The van der Waals surface area contributed by atoms with Crippen molar-refractivity contribution in [3.63, 3.8) is 0 Å². The smallest absolute Gasteiger partial charge is 0.164 e. The fourth-order valence-corrected chi connectivity index (χ4v) is 2.35. The van der Waals surface area contributed by atoms with Crippen molar-refractivity contribution >= 4 is 16.7 Å². The van der Waals surface area contributed by atoms with Gasteiger partial charge in [0.1, 0.15) is 12.4 Å². The van der Waals surface area contributed by atoms with Crippen LogP contribution in [-0.4, -0.2) is 10.8 Å². The molecule has 1 N–H and O–H groups in total. The molecule has 1 aromatic heterocycles. The zero-order chi connectivity index (χ0) is 14.7. The van der Waals surface area contributed by atoms with Gasteiger partial charge in [-0.3, -0.25) is 4.79 Å². The van der Waals surface area contributed by atoms with Crippen molar-refractivity contribution in [1.29, 1.82) is 0 Å². The Balaban J connectivity index is 1.84. The van der Waals surface area contributed by atoms with Gasteiger partial charge < -0.3 is 9.72 Å². The molecule has 3 rings (SSSR count). The number of rotatable bonds is 5. The molecular formula is C18H17NO2. The van der Waals surface area contributed by atoms with Gasteiger partial charge in [0.2, 0.25) is 0 Å². The van der Waals surface area contributed by atoms with E-state index in [0.29, 0.717) is 13.0 Å². The van der Waals surface area contributed by atoms with Crippen molar-refractivity contribution < 1.29 is 9.53 Å². The van der Waals surface area contributed by atoms with E-state index in [9.17, 15) is 4.79 Å². The van der Waals surface area contributed by atoms with Crippen LogP contribution in [0.3, 0.4) is 0 Å². The van der Waals surface area contributed by atoms with Gasteiger partial charge in [-0.2, -0.15) is 0 Å². The maximum Gasteiger partial charge on any atom is 0.164 e. The summed E-state index contributed by atoms with van der Waals surface area (Å²) in [6.45, 7) is 2.39. The first-order valence-corrected chi connectivity index (χ1v) is 7.09. The number of carbonyl (C=O) groups is 1. The van der Waals surface area contributed by atoms with E-state index in [4.69, 9.17) is 4.74 Å². The van der Waals surface area contributed by atoms with Crippen molar-refractivity contribution in [2.45, 2.75) is 20.0 Å². The minimum absolute atomic E-state index is 0.140. The first kappa shape index (κ1) is 13.4. The van der Waals surface area contributed by atoms with Gasteiger partial charge in [0.25, 0.3) is 0 Å². The number of hydrogen-bond acceptors (Lipinski definition) is 2. The van der Waals surface area contributed by atoms with E-state index in [-0.39, 0.29) is 5.78 Å². The lowest BCUT2D eigenvalue weighted by Crippen LogP contribution is -1.96. The number of benzene rings is 2. The minimum atomic E-state index is 0.140. The van der Waals surface area contributed by atoms with Gasteiger partial charge in [-0.25, -0.2) is 0 Å². The van der Waals surface area contributed by atoms with Gasteiger partial charge in [-0.1, -0.05) is 37.3 Å². The van der Waals surface area contributed by atoms with Gasteiger partial charge in [-0.15, -0.1) is 0 Å². The maximum absolute atomic E-state index is 11.9. The van der Waals surface area contributed by atoms with Crippen molar-refractivity contribution in [1.82, 2.24) is 4.98 Å². The predicted molar refractivity (Wildman–Crippen MR) is 83.7 cm³/mol. The van der Waals surface area contributed by atoms with Crippen LogP contribution in [0.4, 0.5) is 0 Å². The highest BCUT2D eigenvalue weighted by molar-refractivity contribution is 6.08. The summed E-state index contributed by atoms with van der Waals surface area (Å²) < 4.78 is 5.81. The molecule has 0 saturated heterocycles. The molecule has 3 aromatic rings. The summed E-state index contributed by atoms with van der Waals surface area (Å²) in [4.78, 5) is 15.0. The number of fused-ring (bicyclic) bond motifs is 1. The van der Waals surface area contributed by atoms with E-state index in [0.717, 1.165) is 27.8 Å². The zero-order valence-corrected chi connectivity index (χ0v) is 11.9. The molecule has 0 bridgehead atoms. The van der Waals surface area contributed by atoms with E-state index in [1.165, 1.54) is 0 Å². The highest BCUT2D eigenvalue weighted by Crippen LogP contribution is 2.25. The van der Waals surface area contributed by atoms with E-state index in [2.05, 4.69) is 4.98 Å². The zero-order valence-electron chi connectivity index (χ0n) is 11.9. The Morgan fingerprint density at radius 3 is 2.71 bits per heavy atom. The molecule has 0 saturated carbocycles. The predicted octanol–water partition coefficient (Wildman–Crippen LogP) is 4.34. The van der Waals surface area contributed by atoms with Crippen LogP contribution in [0.5, 0.6) is 5.75 Å². The molecule has 1 heterocycles. The van der Waals surface area contributed by atoms with Gasteiger partial charge in [-0.05, 0) is 23.8 Å². The van der Waals surface area contributed by atoms with Crippen LogP contribution in [0.1, 0.15) is 29.3 Å². The topological polar surface area (TPSA) is 42.1 Å². The Labute approximate surface area is 123 Å². The molecular weight excluding hydrogens is 262 g/mol. The molecule has 21 heavy (non-hydrogen) atoms. The normalized spacial score (nSPS) is 10.7. The van der Waals surface area contributed by atoms with Crippen molar-refractivity contribution in [3.05, 3.63) is 65.9 Å². The molecule has 0 fully saturated rings. The van der Waals surface area contributed by atoms with E-state index < -0.39 is 0 Å². The monoisotopic (exact) mass is 279 g/mol. The van der Waals surface area contributed by atoms with Crippen LogP contribution in [-0.2, 0) is 6.61 Å². The summed E-state index contributed by atoms with van der Waals surface area (Å²) in [6, 6.07) is 15.8. The third-order valence-corrected chi connectivity index (χ3v) is 3.52. The molecule has 2 aromatic carbocycles. The van der Waals surface area contributed by atoms with E-state index in [1.54, 1.807) is 6.20 Å². The molecule has 0 spiro atoms. The number of nitrogens with one attached hydrogen (secondary N) is 1. The molecule has 3 heteroatoms. The second-order valence-electron chi connectivity index (χ2n) is 4.96. The highest BCUT2D eigenvalue weighted by Gasteiger charge is 2.11. The van der Waals surface area contributed by atoms with Crippen LogP contribution in [0, 0.1) is 0 Å². The van der Waals surface area contributed by atoms with Crippen molar-refractivity contribution in [3.8, 4) is 5.75 Å². The first-order chi connectivity index (χ1) is 10.3. The standard InChI is InChI=1S/C18H17NO2/c1-2-18(20)16-11-19-17-9-8-14(10-15(16)17)21-12-13-6-4-3-5-7-13/h3-11,19H,2,12H2,1H3. The second kappa shape index (κ2) is 5.83. The van der Waals surface area contributed by atoms with Crippen LogP contribution in [0.25, 0.3) is 10.9 Å². The number of ether oxygens (including phenoxy) is 1. The lowest BCUT2D eigenvalue weighted by atomic mass is 10.1. The quantitative estimate of drug-likeness (QED) is 0.706.